The van der Waals surface area contributed by atoms with Gasteiger partial charge in [-0.25, -0.2) is 0 Å². The molecule has 0 spiro atoms. The van der Waals surface area contributed by atoms with Crippen molar-refractivity contribution in [2.24, 2.45) is 0 Å². The molecule has 0 rings (SSSR count). The Labute approximate surface area is 131 Å². The Kier molecular flexibility index (Phi) is 16.2. The van der Waals surface area contributed by atoms with E-state index < -0.39 is 0 Å². The van der Waals surface area contributed by atoms with Gasteiger partial charge in [0.15, 0.2) is 0 Å². The highest BCUT2D eigenvalue weighted by Crippen LogP contribution is 2.08. The van der Waals surface area contributed by atoms with Gasteiger partial charge in [-0.15, -0.1) is 0 Å². The second kappa shape index (κ2) is 17.0. The third-order valence-corrected chi connectivity index (χ3v) is 3.56. The van der Waals surface area contributed by atoms with Crippen molar-refractivity contribution in [1.82, 2.24) is 0 Å². The molecule has 0 radical (unpaired) electrons. The van der Waals surface area contributed by atoms with Gasteiger partial charge in [-0.2, -0.15) is 0 Å². The smallest absolute Gasteiger partial charge is 0.305 e. The van der Waals surface area contributed by atoms with Crippen LogP contribution in [0.25, 0.3) is 0 Å². The normalized spacial score (nSPS) is 11.5. The largest absolute Gasteiger partial charge is 0.469 e. The van der Waals surface area contributed by atoms with E-state index in [1.807, 2.05) is 0 Å². The quantitative estimate of drug-likeness (QED) is 0.224. The fourth-order valence-corrected chi connectivity index (χ4v) is 2.18. The molecule has 0 amide bonds. The van der Waals surface area contributed by atoms with E-state index in [9.17, 15) is 4.79 Å². The summed E-state index contributed by atoms with van der Waals surface area (Å²) in [6.07, 6.45) is 23.0. The van der Waals surface area contributed by atoms with Crippen LogP contribution in [0.15, 0.2) is 24.3 Å². The number of esters is 1. The van der Waals surface area contributed by atoms with E-state index >= 15 is 0 Å². The number of carbonyl (C=O) groups excluding carboxylic acids is 1. The van der Waals surface area contributed by atoms with Crippen molar-refractivity contribution in [2.75, 3.05) is 7.11 Å². The highest BCUT2D eigenvalue weighted by Gasteiger charge is 1.98. The summed E-state index contributed by atoms with van der Waals surface area (Å²) in [5, 5.41) is 0. The van der Waals surface area contributed by atoms with Gasteiger partial charge >= 0.3 is 5.97 Å². The van der Waals surface area contributed by atoms with Crippen LogP contribution in [0, 0.1) is 0 Å². The number of methoxy groups -OCH3 is 1. The average Bonchev–Trinajstić information content (AvgIpc) is 2.50. The summed E-state index contributed by atoms with van der Waals surface area (Å²) in [5.74, 6) is -0.0827. The molecule has 21 heavy (non-hydrogen) atoms. The van der Waals surface area contributed by atoms with Gasteiger partial charge in [-0.1, -0.05) is 63.3 Å². The molecule has 122 valence electrons. The number of ether oxygens (including phenoxy) is 1. The van der Waals surface area contributed by atoms with E-state index in [0.717, 1.165) is 19.3 Å². The van der Waals surface area contributed by atoms with Crippen LogP contribution in [0.3, 0.4) is 0 Å². The molecule has 0 N–H and O–H groups in total. The first kappa shape index (κ1) is 19.9. The third-order valence-electron chi connectivity index (χ3n) is 3.56. The molecule has 0 heterocycles. The molecule has 0 aromatic heterocycles. The zero-order valence-electron chi connectivity index (χ0n) is 14.1. The predicted molar refractivity (Wildman–Crippen MR) is 91.4 cm³/mol. The Bertz CT molecular complexity index is 279. The van der Waals surface area contributed by atoms with Gasteiger partial charge in [0, 0.05) is 6.42 Å². The molecular weight excluding hydrogens is 260 g/mol. The Morgan fingerprint density at radius 3 is 2.00 bits per heavy atom. The number of hydrogen-bond donors (Lipinski definition) is 0. The molecule has 0 aromatic carbocycles. The van der Waals surface area contributed by atoms with Gasteiger partial charge in [0.05, 0.1) is 7.11 Å². The maximum Gasteiger partial charge on any atom is 0.305 e. The number of rotatable bonds is 14. The van der Waals surface area contributed by atoms with E-state index in [4.69, 9.17) is 0 Å². The van der Waals surface area contributed by atoms with E-state index in [0.29, 0.717) is 6.42 Å². The number of hydrogen-bond acceptors (Lipinski definition) is 2. The lowest BCUT2D eigenvalue weighted by molar-refractivity contribution is -0.140. The molecule has 0 unspecified atom stereocenters. The molecule has 0 aliphatic rings. The fourth-order valence-electron chi connectivity index (χ4n) is 2.18. The zero-order valence-corrected chi connectivity index (χ0v) is 14.1. The van der Waals surface area contributed by atoms with Crippen molar-refractivity contribution in [3.8, 4) is 0 Å². The predicted octanol–water partition coefficient (Wildman–Crippen LogP) is 5.97. The molecule has 0 aromatic rings. The summed E-state index contributed by atoms with van der Waals surface area (Å²) in [6.45, 7) is 2.24. The van der Waals surface area contributed by atoms with E-state index in [-0.39, 0.29) is 5.97 Å². The minimum Gasteiger partial charge on any atom is -0.469 e. The van der Waals surface area contributed by atoms with Crippen LogP contribution in [-0.2, 0) is 9.53 Å². The zero-order chi connectivity index (χ0) is 15.6. The van der Waals surface area contributed by atoms with Crippen molar-refractivity contribution in [2.45, 2.75) is 84.0 Å². The summed E-state index contributed by atoms with van der Waals surface area (Å²) >= 11 is 0. The van der Waals surface area contributed by atoms with Crippen molar-refractivity contribution in [3.05, 3.63) is 24.3 Å². The third kappa shape index (κ3) is 16.9. The minimum atomic E-state index is -0.0827. The Morgan fingerprint density at radius 2 is 1.38 bits per heavy atom. The second-order valence-corrected chi connectivity index (χ2v) is 5.56. The molecule has 0 atom stereocenters. The molecule has 2 nitrogen and oxygen atoms in total. The lowest BCUT2D eigenvalue weighted by atomic mass is 10.1. The van der Waals surface area contributed by atoms with E-state index in [2.05, 4.69) is 36.0 Å². The number of unbranched alkanes of at least 4 members (excludes halogenated alkanes) is 8. The molecule has 2 heteroatoms. The second-order valence-electron chi connectivity index (χ2n) is 5.56. The van der Waals surface area contributed by atoms with Crippen LogP contribution in [-0.4, -0.2) is 13.1 Å². The summed E-state index contributed by atoms with van der Waals surface area (Å²) in [5.41, 5.74) is 0. The summed E-state index contributed by atoms with van der Waals surface area (Å²) in [7, 11) is 1.45. The molecule has 0 fully saturated rings. The molecule has 0 aliphatic carbocycles. The molecule has 0 saturated heterocycles. The maximum absolute atomic E-state index is 10.9. The van der Waals surface area contributed by atoms with Crippen LogP contribution in [0.2, 0.25) is 0 Å². The van der Waals surface area contributed by atoms with Gasteiger partial charge in [-0.05, 0) is 38.5 Å². The standard InChI is InChI=1S/C19H34O2/c1-3-4-5-6-7-8-9-10-11-12-13-14-15-16-17-18-19(20)21-2/h7-8,10-11H,3-6,9,12-18H2,1-2H3/b8-7?,11-10+. The van der Waals surface area contributed by atoms with Crippen molar-refractivity contribution >= 4 is 5.97 Å². The van der Waals surface area contributed by atoms with Crippen molar-refractivity contribution in [1.29, 1.82) is 0 Å². The van der Waals surface area contributed by atoms with Gasteiger partial charge in [0.2, 0.25) is 0 Å². The van der Waals surface area contributed by atoms with Gasteiger partial charge < -0.3 is 4.74 Å². The molecule has 0 aliphatic heterocycles. The van der Waals surface area contributed by atoms with Crippen LogP contribution < -0.4 is 0 Å². The number of carbonyl (C=O) groups is 1. The first-order valence-electron chi connectivity index (χ1n) is 8.68. The summed E-state index contributed by atoms with van der Waals surface area (Å²) in [4.78, 5) is 10.9. The first-order valence-corrected chi connectivity index (χ1v) is 8.68. The molecule has 0 bridgehead atoms. The Balaban J connectivity index is 3.20. The van der Waals surface area contributed by atoms with Crippen LogP contribution in [0.5, 0.6) is 0 Å². The highest BCUT2D eigenvalue weighted by molar-refractivity contribution is 5.68. The molecular formula is C19H34O2. The van der Waals surface area contributed by atoms with Crippen molar-refractivity contribution < 1.29 is 9.53 Å². The van der Waals surface area contributed by atoms with Gasteiger partial charge in [-0.3, -0.25) is 4.79 Å². The minimum absolute atomic E-state index is 0.0827. The fraction of sp³-hybridized carbons (Fsp3) is 0.737. The SMILES string of the molecule is CCCCCC=CC/C=C/CCCCCCCC(=O)OC. The van der Waals surface area contributed by atoms with E-state index in [1.54, 1.807) is 0 Å². The first-order chi connectivity index (χ1) is 10.3. The maximum atomic E-state index is 10.9. The highest BCUT2D eigenvalue weighted by atomic mass is 16.5. The summed E-state index contributed by atoms with van der Waals surface area (Å²) in [6, 6.07) is 0. The van der Waals surface area contributed by atoms with Crippen molar-refractivity contribution in [3.63, 3.8) is 0 Å². The van der Waals surface area contributed by atoms with E-state index in [1.165, 1.54) is 58.5 Å². The van der Waals surface area contributed by atoms with Gasteiger partial charge in [0.1, 0.15) is 0 Å². The summed E-state index contributed by atoms with van der Waals surface area (Å²) < 4.78 is 4.62. The monoisotopic (exact) mass is 294 g/mol. The van der Waals surface area contributed by atoms with Crippen LogP contribution in [0.4, 0.5) is 0 Å². The Hall–Kier alpha value is -1.05. The Morgan fingerprint density at radius 1 is 0.810 bits per heavy atom. The number of allylic oxidation sites excluding steroid dienone is 4. The van der Waals surface area contributed by atoms with Crippen LogP contribution >= 0.6 is 0 Å². The lowest BCUT2D eigenvalue weighted by Gasteiger charge is -1.99. The topological polar surface area (TPSA) is 26.3 Å². The van der Waals surface area contributed by atoms with Crippen LogP contribution in [0.1, 0.15) is 84.0 Å². The molecule has 0 saturated carbocycles. The van der Waals surface area contributed by atoms with Gasteiger partial charge in [0.25, 0.3) is 0 Å². The lowest BCUT2D eigenvalue weighted by Crippen LogP contribution is -1.98. The average molecular weight is 294 g/mol.